The van der Waals surface area contributed by atoms with Crippen molar-refractivity contribution in [3.8, 4) is 17.2 Å². The van der Waals surface area contributed by atoms with Gasteiger partial charge in [0, 0.05) is 6.54 Å². The number of aliphatic hydroxyl groups excluding tert-OH is 1. The number of rotatable bonds is 8. The van der Waals surface area contributed by atoms with Crippen LogP contribution >= 0.6 is 0 Å². The third-order valence-electron chi connectivity index (χ3n) is 3.99. The molecule has 0 amide bonds. The summed E-state index contributed by atoms with van der Waals surface area (Å²) in [6.45, 7) is 4.41. The van der Waals surface area contributed by atoms with Crippen molar-refractivity contribution in [1.29, 1.82) is 0 Å². The highest BCUT2D eigenvalue weighted by molar-refractivity contribution is 5.41. The predicted octanol–water partition coefficient (Wildman–Crippen LogP) is 2.71. The van der Waals surface area contributed by atoms with Crippen molar-refractivity contribution in [2.24, 2.45) is 5.73 Å². The van der Waals surface area contributed by atoms with Crippen molar-refractivity contribution in [3.05, 3.63) is 54.1 Å². The lowest BCUT2D eigenvalue weighted by molar-refractivity contribution is -0.0422. The van der Waals surface area contributed by atoms with Gasteiger partial charge in [0.05, 0.1) is 13.7 Å². The minimum absolute atomic E-state index is 0.0683. The molecular formula is C19H25NO4. The molecule has 0 aliphatic rings. The van der Waals surface area contributed by atoms with Gasteiger partial charge < -0.3 is 25.1 Å². The molecule has 0 aromatic heterocycles. The highest BCUT2D eigenvalue weighted by Crippen LogP contribution is 2.36. The maximum Gasteiger partial charge on any atom is 0.162 e. The van der Waals surface area contributed by atoms with Crippen LogP contribution in [-0.4, -0.2) is 31.5 Å². The van der Waals surface area contributed by atoms with E-state index in [2.05, 4.69) is 0 Å². The lowest BCUT2D eigenvalue weighted by Gasteiger charge is -2.35. The Labute approximate surface area is 143 Å². The van der Waals surface area contributed by atoms with Gasteiger partial charge in [-0.1, -0.05) is 24.3 Å². The van der Waals surface area contributed by atoms with Gasteiger partial charge in [-0.05, 0) is 43.7 Å². The molecule has 0 heterocycles. The molecule has 0 spiro atoms. The second-order valence-corrected chi connectivity index (χ2v) is 5.57. The minimum atomic E-state index is -1.02. The molecule has 0 radical (unpaired) electrons. The van der Waals surface area contributed by atoms with Crippen LogP contribution in [0.15, 0.2) is 48.5 Å². The maximum absolute atomic E-state index is 10.5. The third-order valence-corrected chi connectivity index (χ3v) is 3.99. The molecule has 0 saturated carbocycles. The highest BCUT2D eigenvalue weighted by Gasteiger charge is 2.37. The fourth-order valence-corrected chi connectivity index (χ4v) is 2.52. The van der Waals surface area contributed by atoms with Crippen molar-refractivity contribution in [2.45, 2.75) is 25.6 Å². The number of ether oxygens (including phenoxy) is 3. The number of aliphatic hydroxyl groups is 1. The lowest BCUT2D eigenvalue weighted by Crippen LogP contribution is -2.46. The van der Waals surface area contributed by atoms with Crippen LogP contribution in [-0.2, 0) is 5.60 Å². The smallest absolute Gasteiger partial charge is 0.162 e. The summed E-state index contributed by atoms with van der Waals surface area (Å²) < 4.78 is 17.0. The van der Waals surface area contributed by atoms with E-state index in [1.165, 1.54) is 0 Å². The Kier molecular flexibility index (Phi) is 6.06. The van der Waals surface area contributed by atoms with Crippen LogP contribution in [0, 0.1) is 0 Å². The van der Waals surface area contributed by atoms with Gasteiger partial charge >= 0.3 is 0 Å². The number of methoxy groups -OCH3 is 1. The maximum atomic E-state index is 10.5. The van der Waals surface area contributed by atoms with E-state index >= 15 is 0 Å². The number of benzene rings is 2. The summed E-state index contributed by atoms with van der Waals surface area (Å²) in [7, 11) is 1.58. The summed E-state index contributed by atoms with van der Waals surface area (Å²) in [5.74, 6) is 1.91. The zero-order chi connectivity index (χ0) is 17.6. The van der Waals surface area contributed by atoms with Gasteiger partial charge in [0.1, 0.15) is 11.9 Å². The number of nitrogens with two attached hydrogens (primary N) is 1. The average Bonchev–Trinajstić information content (AvgIpc) is 2.62. The Morgan fingerprint density at radius 3 is 2.25 bits per heavy atom. The van der Waals surface area contributed by atoms with Gasteiger partial charge in [0.2, 0.25) is 0 Å². The molecule has 0 aliphatic carbocycles. The molecule has 5 nitrogen and oxygen atoms in total. The van der Waals surface area contributed by atoms with E-state index in [1.807, 2.05) is 56.3 Å². The van der Waals surface area contributed by atoms with Crippen LogP contribution in [0.5, 0.6) is 17.2 Å². The van der Waals surface area contributed by atoms with E-state index in [-0.39, 0.29) is 6.54 Å². The van der Waals surface area contributed by atoms with Gasteiger partial charge in [0.15, 0.2) is 17.1 Å². The van der Waals surface area contributed by atoms with Gasteiger partial charge in [-0.2, -0.15) is 0 Å². The third kappa shape index (κ3) is 3.80. The monoisotopic (exact) mass is 331 g/mol. The van der Waals surface area contributed by atoms with Crippen LogP contribution in [0.4, 0.5) is 0 Å². The molecule has 130 valence electrons. The molecule has 2 aromatic carbocycles. The molecule has 2 atom stereocenters. The zero-order valence-electron chi connectivity index (χ0n) is 14.4. The number of hydrogen-bond donors (Lipinski definition) is 2. The van der Waals surface area contributed by atoms with Crippen molar-refractivity contribution in [1.82, 2.24) is 0 Å². The SMILES string of the molecule is CCOc1ccc(C(C)(Oc2ccccc2OC)C(O)CN)cc1. The van der Waals surface area contributed by atoms with Crippen LogP contribution in [0.25, 0.3) is 0 Å². The first-order chi connectivity index (χ1) is 11.5. The topological polar surface area (TPSA) is 73.9 Å². The highest BCUT2D eigenvalue weighted by atomic mass is 16.5. The quantitative estimate of drug-likeness (QED) is 0.778. The molecule has 0 bridgehead atoms. The van der Waals surface area contributed by atoms with E-state index in [0.717, 1.165) is 11.3 Å². The largest absolute Gasteiger partial charge is 0.494 e. The van der Waals surface area contributed by atoms with Crippen molar-refractivity contribution >= 4 is 0 Å². The first-order valence-electron chi connectivity index (χ1n) is 7.98. The Balaban J connectivity index is 2.38. The minimum Gasteiger partial charge on any atom is -0.494 e. The average molecular weight is 331 g/mol. The van der Waals surface area contributed by atoms with Crippen molar-refractivity contribution < 1.29 is 19.3 Å². The molecule has 0 saturated heterocycles. The standard InChI is InChI=1S/C19H25NO4/c1-4-23-15-11-9-14(10-12-15)19(2,18(21)13-20)24-17-8-6-5-7-16(17)22-3/h5-12,18,21H,4,13,20H2,1-3H3. The van der Waals surface area contributed by atoms with Gasteiger partial charge in [-0.15, -0.1) is 0 Å². The van der Waals surface area contributed by atoms with Crippen molar-refractivity contribution in [3.63, 3.8) is 0 Å². The molecule has 3 N–H and O–H groups in total. The number of hydrogen-bond acceptors (Lipinski definition) is 5. The Hall–Kier alpha value is -2.24. The van der Waals surface area contributed by atoms with Crippen LogP contribution < -0.4 is 19.9 Å². The summed E-state index contributed by atoms with van der Waals surface area (Å²) in [5, 5.41) is 10.5. The summed E-state index contributed by atoms with van der Waals surface area (Å²) in [6.07, 6.45) is -0.889. The first-order valence-corrected chi connectivity index (χ1v) is 7.98. The fraction of sp³-hybridized carbons (Fsp3) is 0.368. The molecule has 24 heavy (non-hydrogen) atoms. The van der Waals surface area contributed by atoms with E-state index < -0.39 is 11.7 Å². The lowest BCUT2D eigenvalue weighted by atomic mass is 9.89. The van der Waals surface area contributed by atoms with E-state index in [4.69, 9.17) is 19.9 Å². The van der Waals surface area contributed by atoms with Crippen LogP contribution in [0.3, 0.4) is 0 Å². The Morgan fingerprint density at radius 2 is 1.71 bits per heavy atom. The fourth-order valence-electron chi connectivity index (χ4n) is 2.52. The van der Waals surface area contributed by atoms with E-state index in [9.17, 15) is 5.11 Å². The molecular weight excluding hydrogens is 306 g/mol. The zero-order valence-corrected chi connectivity index (χ0v) is 14.4. The van der Waals surface area contributed by atoms with Crippen LogP contribution in [0.1, 0.15) is 19.4 Å². The molecule has 0 aliphatic heterocycles. The van der Waals surface area contributed by atoms with Crippen LogP contribution in [0.2, 0.25) is 0 Å². The Morgan fingerprint density at radius 1 is 1.08 bits per heavy atom. The normalized spacial score (nSPS) is 14.5. The van der Waals surface area contributed by atoms with E-state index in [1.54, 1.807) is 13.2 Å². The summed E-state index contributed by atoms with van der Waals surface area (Å²) >= 11 is 0. The van der Waals surface area contributed by atoms with E-state index in [0.29, 0.717) is 18.1 Å². The Bertz CT molecular complexity index is 644. The second kappa shape index (κ2) is 8.04. The molecule has 0 fully saturated rings. The number of para-hydroxylation sites is 2. The second-order valence-electron chi connectivity index (χ2n) is 5.57. The van der Waals surface area contributed by atoms with Gasteiger partial charge in [0.25, 0.3) is 0 Å². The molecule has 2 unspecified atom stereocenters. The molecule has 5 heteroatoms. The van der Waals surface area contributed by atoms with Gasteiger partial charge in [-0.25, -0.2) is 0 Å². The molecule has 2 rings (SSSR count). The predicted molar refractivity (Wildman–Crippen MR) is 93.6 cm³/mol. The summed E-state index contributed by atoms with van der Waals surface area (Å²) in [5.41, 5.74) is 5.49. The van der Waals surface area contributed by atoms with Gasteiger partial charge in [-0.3, -0.25) is 0 Å². The first kappa shape index (κ1) is 18.1. The molecule has 2 aromatic rings. The summed E-state index contributed by atoms with van der Waals surface area (Å²) in [6, 6.07) is 14.8. The summed E-state index contributed by atoms with van der Waals surface area (Å²) in [4.78, 5) is 0. The van der Waals surface area contributed by atoms with Crippen molar-refractivity contribution in [2.75, 3.05) is 20.3 Å².